The number of nitrogens with zero attached hydrogens (tertiary/aromatic N) is 2. The van der Waals surface area contributed by atoms with Crippen LogP contribution in [0.15, 0.2) is 0 Å². The topological polar surface area (TPSA) is 41.9 Å². The fraction of sp³-hybridized carbons (Fsp3) is 0.800. The van der Waals surface area contributed by atoms with Crippen molar-refractivity contribution in [2.45, 2.75) is 72.1 Å². The van der Waals surface area contributed by atoms with Crippen LogP contribution in [0.5, 0.6) is 0 Å². The van der Waals surface area contributed by atoms with Crippen molar-refractivity contribution in [3.8, 4) is 0 Å². The van der Waals surface area contributed by atoms with E-state index < -0.39 is 0 Å². The Balaban J connectivity index is 2.03. The minimum Gasteiger partial charge on any atom is -0.310 e. The van der Waals surface area contributed by atoms with Gasteiger partial charge in [0.2, 0.25) is 0 Å². The maximum Gasteiger partial charge on any atom is 0.0641 e. The zero-order chi connectivity index (χ0) is 14.0. The summed E-state index contributed by atoms with van der Waals surface area (Å²) < 4.78 is 2.14. The zero-order valence-electron chi connectivity index (χ0n) is 13.0. The molecule has 0 aliphatic carbocycles. The third kappa shape index (κ3) is 3.00. The highest BCUT2D eigenvalue weighted by Gasteiger charge is 2.33. The molecule has 0 aromatic carbocycles. The second-order valence-electron chi connectivity index (χ2n) is 6.24. The van der Waals surface area contributed by atoms with Gasteiger partial charge in [0.25, 0.3) is 0 Å². The first kappa shape index (κ1) is 14.5. The molecule has 2 N–H and O–H groups in total. The smallest absolute Gasteiger partial charge is 0.0641 e. The van der Waals surface area contributed by atoms with Gasteiger partial charge in [0.15, 0.2) is 0 Å². The second-order valence-corrected chi connectivity index (χ2v) is 6.24. The van der Waals surface area contributed by atoms with Gasteiger partial charge in [-0.2, -0.15) is 5.10 Å². The molecular formula is C15H28N4. The van der Waals surface area contributed by atoms with Crippen molar-refractivity contribution < 1.29 is 0 Å². The molecule has 4 heteroatoms. The van der Waals surface area contributed by atoms with Gasteiger partial charge in [-0.05, 0) is 47.1 Å². The summed E-state index contributed by atoms with van der Waals surface area (Å²) in [7, 11) is 0. The molecule has 1 aliphatic rings. The predicted octanol–water partition coefficient (Wildman–Crippen LogP) is 2.14. The van der Waals surface area contributed by atoms with Gasteiger partial charge in [0.1, 0.15) is 0 Å². The summed E-state index contributed by atoms with van der Waals surface area (Å²) in [5.74, 6) is 0. The van der Waals surface area contributed by atoms with Crippen molar-refractivity contribution in [3.05, 3.63) is 17.0 Å². The molecule has 0 spiro atoms. The molecule has 1 atom stereocenters. The summed E-state index contributed by atoms with van der Waals surface area (Å²) in [5, 5.41) is 11.9. The van der Waals surface area contributed by atoms with E-state index >= 15 is 0 Å². The van der Waals surface area contributed by atoms with Crippen LogP contribution < -0.4 is 10.6 Å². The van der Waals surface area contributed by atoms with Gasteiger partial charge >= 0.3 is 0 Å². The van der Waals surface area contributed by atoms with Crippen LogP contribution in [0.2, 0.25) is 0 Å². The molecule has 1 fully saturated rings. The largest absolute Gasteiger partial charge is 0.310 e. The average molecular weight is 264 g/mol. The van der Waals surface area contributed by atoms with E-state index in [4.69, 9.17) is 0 Å². The highest BCUT2D eigenvalue weighted by atomic mass is 15.3. The second kappa shape index (κ2) is 5.63. The first-order chi connectivity index (χ1) is 8.95. The fourth-order valence-corrected chi connectivity index (χ4v) is 3.02. The van der Waals surface area contributed by atoms with E-state index in [0.717, 1.165) is 26.1 Å². The van der Waals surface area contributed by atoms with Gasteiger partial charge < -0.3 is 10.6 Å². The van der Waals surface area contributed by atoms with E-state index in [1.54, 1.807) is 0 Å². The third-order valence-corrected chi connectivity index (χ3v) is 4.38. The molecular weight excluding hydrogens is 236 g/mol. The number of aryl methyl sites for hydroxylation is 2. The van der Waals surface area contributed by atoms with Gasteiger partial charge in [0.05, 0.1) is 5.69 Å². The quantitative estimate of drug-likeness (QED) is 0.856. The van der Waals surface area contributed by atoms with Crippen molar-refractivity contribution in [3.63, 3.8) is 0 Å². The monoisotopic (exact) mass is 264 g/mol. The SMILES string of the molecule is CCCn1nc(C)c(CNC2CCNC2(C)C)c1C. The van der Waals surface area contributed by atoms with E-state index in [9.17, 15) is 0 Å². The highest BCUT2D eigenvalue weighted by molar-refractivity contribution is 5.24. The van der Waals surface area contributed by atoms with E-state index in [2.05, 4.69) is 55.0 Å². The summed E-state index contributed by atoms with van der Waals surface area (Å²) in [6.07, 6.45) is 2.34. The Bertz CT molecular complexity index is 434. The van der Waals surface area contributed by atoms with Crippen molar-refractivity contribution >= 4 is 0 Å². The van der Waals surface area contributed by atoms with Crippen molar-refractivity contribution in [2.75, 3.05) is 6.54 Å². The molecule has 4 nitrogen and oxygen atoms in total. The Hall–Kier alpha value is -0.870. The van der Waals surface area contributed by atoms with E-state index in [-0.39, 0.29) is 5.54 Å². The first-order valence-corrected chi connectivity index (χ1v) is 7.47. The van der Waals surface area contributed by atoms with Crippen LogP contribution in [-0.4, -0.2) is 27.9 Å². The lowest BCUT2D eigenvalue weighted by atomic mass is 9.96. The Kier molecular flexibility index (Phi) is 4.31. The molecule has 1 saturated heterocycles. The molecule has 108 valence electrons. The molecule has 1 unspecified atom stereocenters. The lowest BCUT2D eigenvalue weighted by Crippen LogP contribution is -2.48. The van der Waals surface area contributed by atoms with Crippen molar-refractivity contribution in [1.29, 1.82) is 0 Å². The van der Waals surface area contributed by atoms with E-state index in [0.29, 0.717) is 6.04 Å². The number of nitrogens with one attached hydrogen (secondary N) is 2. The van der Waals surface area contributed by atoms with E-state index in [1.165, 1.54) is 23.4 Å². The number of hydrogen-bond donors (Lipinski definition) is 2. The molecule has 19 heavy (non-hydrogen) atoms. The van der Waals surface area contributed by atoms with Crippen molar-refractivity contribution in [1.82, 2.24) is 20.4 Å². The molecule has 1 aliphatic heterocycles. The Labute approximate surface area is 117 Å². The Morgan fingerprint density at radius 1 is 1.42 bits per heavy atom. The fourth-order valence-electron chi connectivity index (χ4n) is 3.02. The molecule has 0 amide bonds. The van der Waals surface area contributed by atoms with Gasteiger partial charge in [0, 0.05) is 35.9 Å². The standard InChI is InChI=1S/C15H28N4/c1-6-9-19-12(3)13(11(2)18-19)10-16-14-7-8-17-15(14,4)5/h14,16-17H,6-10H2,1-5H3. The first-order valence-electron chi connectivity index (χ1n) is 7.47. The van der Waals surface area contributed by atoms with Crippen molar-refractivity contribution in [2.24, 2.45) is 0 Å². The Morgan fingerprint density at radius 2 is 2.16 bits per heavy atom. The van der Waals surface area contributed by atoms with Crippen LogP contribution in [-0.2, 0) is 13.1 Å². The van der Waals surface area contributed by atoms with Crippen LogP contribution in [0, 0.1) is 13.8 Å². The maximum atomic E-state index is 4.64. The van der Waals surface area contributed by atoms with Gasteiger partial charge in [-0.1, -0.05) is 6.92 Å². The molecule has 2 heterocycles. The third-order valence-electron chi connectivity index (χ3n) is 4.38. The summed E-state index contributed by atoms with van der Waals surface area (Å²) in [4.78, 5) is 0. The minimum atomic E-state index is 0.196. The van der Waals surface area contributed by atoms with Crippen LogP contribution >= 0.6 is 0 Å². The maximum absolute atomic E-state index is 4.64. The molecule has 1 aromatic rings. The number of hydrogen-bond acceptors (Lipinski definition) is 3. The predicted molar refractivity (Wildman–Crippen MR) is 79.3 cm³/mol. The van der Waals surface area contributed by atoms with Crippen LogP contribution in [0.3, 0.4) is 0 Å². The van der Waals surface area contributed by atoms with Crippen LogP contribution in [0.4, 0.5) is 0 Å². The van der Waals surface area contributed by atoms with Gasteiger partial charge in [-0.3, -0.25) is 4.68 Å². The van der Waals surface area contributed by atoms with Gasteiger partial charge in [-0.25, -0.2) is 0 Å². The molecule has 0 bridgehead atoms. The van der Waals surface area contributed by atoms with Gasteiger partial charge in [-0.15, -0.1) is 0 Å². The molecule has 1 aromatic heterocycles. The summed E-state index contributed by atoms with van der Waals surface area (Å²) in [5.41, 5.74) is 4.05. The van der Waals surface area contributed by atoms with Crippen LogP contribution in [0.25, 0.3) is 0 Å². The van der Waals surface area contributed by atoms with E-state index in [1.807, 2.05) is 0 Å². The van der Waals surface area contributed by atoms with Crippen LogP contribution in [0.1, 0.15) is 50.6 Å². The highest BCUT2D eigenvalue weighted by Crippen LogP contribution is 2.20. The molecule has 0 saturated carbocycles. The lowest BCUT2D eigenvalue weighted by Gasteiger charge is -2.28. The summed E-state index contributed by atoms with van der Waals surface area (Å²) in [6, 6.07) is 0.542. The Morgan fingerprint density at radius 3 is 2.74 bits per heavy atom. The zero-order valence-corrected chi connectivity index (χ0v) is 13.0. The summed E-state index contributed by atoms with van der Waals surface area (Å²) >= 11 is 0. The average Bonchev–Trinajstić information content (AvgIpc) is 2.79. The lowest BCUT2D eigenvalue weighted by molar-refractivity contribution is 0.350. The number of aromatic nitrogens is 2. The molecule has 0 radical (unpaired) electrons. The minimum absolute atomic E-state index is 0.196. The normalized spacial score (nSPS) is 22.1. The number of rotatable bonds is 5. The summed E-state index contributed by atoms with van der Waals surface area (Å²) in [6.45, 7) is 14.1. The molecule has 2 rings (SSSR count).